The van der Waals surface area contributed by atoms with Crippen LogP contribution >= 0.6 is 11.6 Å². The van der Waals surface area contributed by atoms with E-state index in [0.29, 0.717) is 29.2 Å². The number of halogens is 1. The van der Waals surface area contributed by atoms with Crippen molar-refractivity contribution >= 4 is 28.9 Å². The van der Waals surface area contributed by atoms with Crippen molar-refractivity contribution < 1.29 is 19.1 Å². The van der Waals surface area contributed by atoms with Crippen molar-refractivity contribution in [2.45, 2.75) is 51.7 Å². The van der Waals surface area contributed by atoms with Gasteiger partial charge in [-0.1, -0.05) is 48.9 Å². The van der Waals surface area contributed by atoms with E-state index in [1.54, 1.807) is 0 Å². The van der Waals surface area contributed by atoms with Crippen LogP contribution in [0.15, 0.2) is 48.2 Å². The number of carbonyl (C=O) groups is 2. The molecule has 4 rings (SSSR count). The minimum atomic E-state index is -0.858. The fourth-order valence-corrected chi connectivity index (χ4v) is 4.33. The summed E-state index contributed by atoms with van der Waals surface area (Å²) in [5.74, 6) is -0.205. The molecule has 4 nitrogen and oxygen atoms in total. The summed E-state index contributed by atoms with van der Waals surface area (Å²) in [4.78, 5) is 25.1. The topological polar surface area (TPSA) is 52.6 Å². The van der Waals surface area contributed by atoms with E-state index in [-0.39, 0.29) is 11.9 Å². The second-order valence-corrected chi connectivity index (χ2v) is 8.21. The van der Waals surface area contributed by atoms with E-state index in [1.807, 2.05) is 43.3 Å². The maximum atomic E-state index is 13.4. The Labute approximate surface area is 175 Å². The summed E-state index contributed by atoms with van der Waals surface area (Å²) in [6, 6.07) is 13.7. The molecule has 2 aliphatic heterocycles. The van der Waals surface area contributed by atoms with Gasteiger partial charge in [-0.15, -0.1) is 0 Å². The van der Waals surface area contributed by atoms with E-state index >= 15 is 0 Å². The summed E-state index contributed by atoms with van der Waals surface area (Å²) in [6.45, 7) is 5.23. The van der Waals surface area contributed by atoms with E-state index in [4.69, 9.17) is 21.1 Å². The minimum absolute atomic E-state index is 0.114. The molecule has 0 unspecified atom stereocenters. The molecule has 2 heterocycles. The highest BCUT2D eigenvalue weighted by Crippen LogP contribution is 2.46. The number of benzene rings is 2. The van der Waals surface area contributed by atoms with Gasteiger partial charge in [-0.25, -0.2) is 0 Å². The average molecular weight is 411 g/mol. The zero-order valence-electron chi connectivity index (χ0n) is 16.8. The van der Waals surface area contributed by atoms with Crippen molar-refractivity contribution in [1.29, 1.82) is 0 Å². The second-order valence-electron chi connectivity index (χ2n) is 7.77. The van der Waals surface area contributed by atoms with Crippen LogP contribution in [0.2, 0.25) is 5.02 Å². The highest BCUT2D eigenvalue weighted by atomic mass is 35.5. The molecule has 0 aromatic heterocycles. The van der Waals surface area contributed by atoms with Crippen LogP contribution in [-0.2, 0) is 25.5 Å². The lowest BCUT2D eigenvalue weighted by atomic mass is 9.85. The van der Waals surface area contributed by atoms with Gasteiger partial charge in [-0.05, 0) is 60.6 Å². The molecule has 0 N–H and O–H groups in total. The fourth-order valence-electron chi connectivity index (χ4n) is 4.21. The number of carbonyl (C=O) groups excluding carboxylic acids is 2. The fraction of sp³-hybridized carbons (Fsp3) is 0.333. The molecule has 0 radical (unpaired) electrons. The largest absolute Gasteiger partial charge is 0.428 e. The number of ketones is 1. The van der Waals surface area contributed by atoms with Gasteiger partial charge < -0.3 is 9.47 Å². The normalized spacial score (nSPS) is 23.4. The van der Waals surface area contributed by atoms with Crippen LogP contribution in [0.3, 0.4) is 0 Å². The Bertz CT molecular complexity index is 1020. The van der Waals surface area contributed by atoms with Crippen molar-refractivity contribution in [2.75, 3.05) is 0 Å². The third-order valence-corrected chi connectivity index (χ3v) is 5.97. The van der Waals surface area contributed by atoms with Gasteiger partial charge in [0.2, 0.25) is 0 Å². The number of aryl methyl sites for hydroxylation is 1. The van der Waals surface area contributed by atoms with Gasteiger partial charge in [0.25, 0.3) is 0 Å². The molecule has 2 aromatic carbocycles. The smallest absolute Gasteiger partial charge is 0.307 e. The highest BCUT2D eigenvalue weighted by Gasteiger charge is 2.52. The minimum Gasteiger partial charge on any atom is -0.428 e. The Morgan fingerprint density at radius 3 is 2.55 bits per heavy atom. The number of fused-ring (bicyclic) bond motifs is 2. The lowest BCUT2D eigenvalue weighted by Crippen LogP contribution is -2.41. The van der Waals surface area contributed by atoms with E-state index in [9.17, 15) is 9.59 Å². The molecule has 1 fully saturated rings. The first-order chi connectivity index (χ1) is 13.8. The summed E-state index contributed by atoms with van der Waals surface area (Å²) in [5, 5.41) is 0.689. The second kappa shape index (κ2) is 7.43. The molecular weight excluding hydrogens is 388 g/mol. The molecule has 2 aliphatic rings. The lowest BCUT2D eigenvalue weighted by molar-refractivity contribution is -0.145. The molecule has 5 heteroatoms. The van der Waals surface area contributed by atoms with E-state index < -0.39 is 11.6 Å². The molecule has 2 aromatic rings. The predicted octanol–water partition coefficient (Wildman–Crippen LogP) is 5.36. The molecule has 0 amide bonds. The molecular formula is C24H23ClO4. The molecule has 150 valence electrons. The number of ether oxygens (including phenoxy) is 2. The SMILES string of the molecule is CCc1cc(-c2ccc(Cl)cc2)ccc1C1=C(OC(C)=O)[C@H]2CC[C@@](C)(O2)C1=O. The number of Topliss-reactive ketones (excluding diaryl/α,β-unsaturated/α-hetero) is 1. The first kappa shape index (κ1) is 19.9. The van der Waals surface area contributed by atoms with Crippen LogP contribution < -0.4 is 0 Å². The molecule has 0 aliphatic carbocycles. The molecule has 1 saturated heterocycles. The van der Waals surface area contributed by atoms with Gasteiger partial charge in [-0.2, -0.15) is 0 Å². The summed E-state index contributed by atoms with van der Waals surface area (Å²) < 4.78 is 11.5. The quantitative estimate of drug-likeness (QED) is 0.636. The maximum absolute atomic E-state index is 13.4. The van der Waals surface area contributed by atoms with Crippen molar-refractivity contribution in [1.82, 2.24) is 0 Å². The van der Waals surface area contributed by atoms with Gasteiger partial charge in [-0.3, -0.25) is 9.59 Å². The van der Waals surface area contributed by atoms with Crippen molar-refractivity contribution in [3.8, 4) is 11.1 Å². The van der Waals surface area contributed by atoms with Gasteiger partial charge in [0.15, 0.2) is 5.78 Å². The van der Waals surface area contributed by atoms with Gasteiger partial charge in [0.05, 0.1) is 5.57 Å². The predicted molar refractivity (Wildman–Crippen MR) is 112 cm³/mol. The van der Waals surface area contributed by atoms with Gasteiger partial charge >= 0.3 is 5.97 Å². The number of hydrogen-bond acceptors (Lipinski definition) is 4. The molecule has 29 heavy (non-hydrogen) atoms. The zero-order valence-corrected chi connectivity index (χ0v) is 17.5. The van der Waals surface area contributed by atoms with E-state index in [1.165, 1.54) is 6.92 Å². The Kier molecular flexibility index (Phi) is 5.09. The molecule has 0 spiro atoms. The Morgan fingerprint density at radius 1 is 1.21 bits per heavy atom. The lowest BCUT2D eigenvalue weighted by Gasteiger charge is -2.32. The van der Waals surface area contributed by atoms with Crippen LogP contribution in [0.4, 0.5) is 0 Å². The van der Waals surface area contributed by atoms with E-state index in [2.05, 4.69) is 13.0 Å². The summed E-state index contributed by atoms with van der Waals surface area (Å²) in [5.41, 5.74) is 3.56. The summed E-state index contributed by atoms with van der Waals surface area (Å²) in [7, 11) is 0. The zero-order chi connectivity index (χ0) is 20.8. The third kappa shape index (κ3) is 3.52. The number of esters is 1. The summed E-state index contributed by atoms with van der Waals surface area (Å²) in [6.07, 6.45) is 1.66. The maximum Gasteiger partial charge on any atom is 0.307 e. The monoisotopic (exact) mass is 410 g/mol. The van der Waals surface area contributed by atoms with Crippen molar-refractivity contribution in [2.24, 2.45) is 0 Å². The Morgan fingerprint density at radius 2 is 1.90 bits per heavy atom. The van der Waals surface area contributed by atoms with Gasteiger partial charge in [0.1, 0.15) is 17.5 Å². The van der Waals surface area contributed by atoms with Crippen LogP contribution in [0, 0.1) is 0 Å². The number of rotatable bonds is 4. The average Bonchev–Trinajstić information content (AvgIpc) is 3.07. The first-order valence-corrected chi connectivity index (χ1v) is 10.2. The molecule has 2 bridgehead atoms. The van der Waals surface area contributed by atoms with Crippen LogP contribution in [0.5, 0.6) is 0 Å². The third-order valence-electron chi connectivity index (χ3n) is 5.72. The van der Waals surface area contributed by atoms with Crippen LogP contribution in [0.1, 0.15) is 44.7 Å². The van der Waals surface area contributed by atoms with Gasteiger partial charge in [0, 0.05) is 11.9 Å². The summed E-state index contributed by atoms with van der Waals surface area (Å²) >= 11 is 6.01. The highest BCUT2D eigenvalue weighted by molar-refractivity contribution is 6.30. The van der Waals surface area contributed by atoms with E-state index in [0.717, 1.165) is 28.7 Å². The van der Waals surface area contributed by atoms with Crippen molar-refractivity contribution in [3.05, 3.63) is 64.4 Å². The molecule has 2 atom stereocenters. The van der Waals surface area contributed by atoms with Crippen LogP contribution in [0.25, 0.3) is 16.7 Å². The number of hydrogen-bond donors (Lipinski definition) is 0. The Hall–Kier alpha value is -2.43. The van der Waals surface area contributed by atoms with Crippen molar-refractivity contribution in [3.63, 3.8) is 0 Å². The molecule has 0 saturated carbocycles. The Balaban J connectivity index is 1.86. The first-order valence-electron chi connectivity index (χ1n) is 9.87. The standard InChI is InChI=1S/C24H23ClO4/c1-4-15-13-17(16-5-8-18(25)9-6-16)7-10-19(15)21-22(28-14(2)26)20-11-12-24(3,29-20)23(21)27/h5-10,13,20H,4,11-12H2,1-3H3/t20-,24-/m1/s1. The van der Waals surface area contributed by atoms with Crippen LogP contribution in [-0.4, -0.2) is 23.5 Å².